The van der Waals surface area contributed by atoms with Gasteiger partial charge in [0.15, 0.2) is 5.75 Å². The van der Waals surface area contributed by atoms with Crippen molar-refractivity contribution in [1.29, 1.82) is 0 Å². The van der Waals surface area contributed by atoms with Crippen molar-refractivity contribution < 1.29 is 24.5 Å². The van der Waals surface area contributed by atoms with Gasteiger partial charge in [0.1, 0.15) is 17.5 Å². The molecule has 0 bridgehead atoms. The van der Waals surface area contributed by atoms with Gasteiger partial charge < -0.3 is 30.1 Å². The van der Waals surface area contributed by atoms with E-state index in [0.717, 1.165) is 5.56 Å². The van der Waals surface area contributed by atoms with Gasteiger partial charge in [0, 0.05) is 30.9 Å². The van der Waals surface area contributed by atoms with Crippen molar-refractivity contribution in [2.45, 2.75) is 31.8 Å². The van der Waals surface area contributed by atoms with E-state index in [1.54, 1.807) is 30.3 Å². The third kappa shape index (κ3) is 5.63. The maximum atomic E-state index is 11.8. The lowest BCUT2D eigenvalue weighted by Crippen LogP contribution is -2.62. The quantitative estimate of drug-likeness (QED) is 0.476. The van der Waals surface area contributed by atoms with Crippen molar-refractivity contribution in [3.63, 3.8) is 0 Å². The number of carbonyl (C=O) groups excluding carboxylic acids is 1. The molecule has 8 nitrogen and oxygen atoms in total. The topological polar surface area (TPSA) is 102 Å². The van der Waals surface area contributed by atoms with E-state index in [4.69, 9.17) is 27.9 Å². The number of ether oxygens (including phenoxy) is 1. The normalized spacial score (nSPS) is 17.6. The number of aliphatic carboxylic acids is 1. The summed E-state index contributed by atoms with van der Waals surface area (Å²) in [5.41, 5.74) is 1.36. The fraction of sp³-hybridized carbons (Fsp3) is 0.391. The van der Waals surface area contributed by atoms with E-state index >= 15 is 0 Å². The summed E-state index contributed by atoms with van der Waals surface area (Å²) in [7, 11) is 1.89. The van der Waals surface area contributed by atoms with Gasteiger partial charge in [-0.3, -0.25) is 4.79 Å². The van der Waals surface area contributed by atoms with E-state index in [0.29, 0.717) is 37.5 Å². The molecule has 0 aliphatic carbocycles. The largest absolute Gasteiger partial charge is 0.508 e. The minimum Gasteiger partial charge on any atom is -0.508 e. The van der Waals surface area contributed by atoms with E-state index in [2.05, 4.69) is 5.32 Å². The molecule has 0 spiro atoms. The molecule has 1 fully saturated rings. The zero-order valence-electron chi connectivity index (χ0n) is 18.6. The van der Waals surface area contributed by atoms with Crippen LogP contribution in [-0.2, 0) is 9.59 Å². The molecular weight excluding hydrogens is 469 g/mol. The minimum absolute atomic E-state index is 0.0955. The Morgan fingerprint density at radius 3 is 2.45 bits per heavy atom. The molecule has 1 saturated heterocycles. The second-order valence-corrected chi connectivity index (χ2v) is 9.15. The van der Waals surface area contributed by atoms with Gasteiger partial charge in [-0.15, -0.1) is 0 Å². The number of anilines is 1. The van der Waals surface area contributed by atoms with Crippen LogP contribution in [0.15, 0.2) is 30.3 Å². The molecule has 1 heterocycles. The molecule has 2 atom stereocenters. The Morgan fingerprint density at radius 1 is 1.21 bits per heavy atom. The molecular formula is C23H27Cl2N3O5. The molecule has 1 aliphatic rings. The maximum Gasteiger partial charge on any atom is 0.328 e. The molecule has 3 N–H and O–H groups in total. The second kappa shape index (κ2) is 10.5. The number of likely N-dealkylation sites (N-methyl/N-ethyl adjacent to an activating group) is 1. The van der Waals surface area contributed by atoms with E-state index in [1.165, 1.54) is 0 Å². The fourth-order valence-corrected chi connectivity index (χ4v) is 4.52. The average Bonchev–Trinajstić information content (AvgIpc) is 2.75. The summed E-state index contributed by atoms with van der Waals surface area (Å²) in [5.74, 6) is -0.112. The summed E-state index contributed by atoms with van der Waals surface area (Å²) in [4.78, 5) is 26.7. The van der Waals surface area contributed by atoms with Crippen LogP contribution in [0.5, 0.6) is 17.2 Å². The third-order valence-electron chi connectivity index (χ3n) is 5.68. The summed E-state index contributed by atoms with van der Waals surface area (Å²) < 4.78 is 5.94. The number of nitrogens with one attached hydrogen (secondary N) is 1. The lowest BCUT2D eigenvalue weighted by molar-refractivity contribution is -0.141. The highest BCUT2D eigenvalue weighted by atomic mass is 35.5. The van der Waals surface area contributed by atoms with Crippen molar-refractivity contribution in [1.82, 2.24) is 10.2 Å². The standard InChI is InChI=1S/C23H27Cl2N3O5/c1-13(2)16-10-15(4-5-20(16)30)33-22-17(24)8-14(9-18(22)25)28-7-6-27(3)11-19(28)21(23(31)32)26-12-29/h4-5,8-10,12-13,19,21,30H,6-7,11H2,1-3H3,(H,26,29)(H,31,32). The highest BCUT2D eigenvalue weighted by Gasteiger charge is 2.36. The number of hydrogen-bond donors (Lipinski definition) is 3. The zero-order chi connectivity index (χ0) is 24.3. The van der Waals surface area contributed by atoms with E-state index < -0.39 is 18.1 Å². The number of carboxylic acids is 1. The van der Waals surface area contributed by atoms with Crippen LogP contribution in [0.2, 0.25) is 10.0 Å². The fourth-order valence-electron chi connectivity index (χ4n) is 3.97. The highest BCUT2D eigenvalue weighted by Crippen LogP contribution is 2.41. The molecule has 0 radical (unpaired) electrons. The number of carbonyl (C=O) groups is 2. The second-order valence-electron chi connectivity index (χ2n) is 8.34. The number of rotatable bonds is 8. The van der Waals surface area contributed by atoms with Crippen LogP contribution in [0.25, 0.3) is 0 Å². The zero-order valence-corrected chi connectivity index (χ0v) is 20.1. The van der Waals surface area contributed by atoms with Crippen LogP contribution in [0, 0.1) is 0 Å². The van der Waals surface area contributed by atoms with Crippen LogP contribution < -0.4 is 15.0 Å². The summed E-state index contributed by atoms with van der Waals surface area (Å²) in [6.45, 7) is 5.57. The molecule has 178 valence electrons. The number of phenols is 1. The van der Waals surface area contributed by atoms with Crippen molar-refractivity contribution >= 4 is 41.3 Å². The van der Waals surface area contributed by atoms with Crippen LogP contribution >= 0.6 is 23.2 Å². The Labute approximate surface area is 202 Å². The van der Waals surface area contributed by atoms with Crippen molar-refractivity contribution in [3.8, 4) is 17.2 Å². The Kier molecular flexibility index (Phi) is 7.94. The number of benzene rings is 2. The first kappa shape index (κ1) is 25.0. The number of amides is 1. The third-order valence-corrected chi connectivity index (χ3v) is 6.24. The highest BCUT2D eigenvalue weighted by molar-refractivity contribution is 6.37. The van der Waals surface area contributed by atoms with Gasteiger partial charge in [-0.25, -0.2) is 4.79 Å². The SMILES string of the molecule is CC(C)c1cc(Oc2c(Cl)cc(N3CCN(C)CC3C(NC=O)C(=O)O)cc2Cl)ccc1O. The average molecular weight is 496 g/mol. The lowest BCUT2D eigenvalue weighted by Gasteiger charge is -2.43. The van der Waals surface area contributed by atoms with Crippen molar-refractivity contribution in [2.24, 2.45) is 0 Å². The molecule has 2 aromatic carbocycles. The number of nitrogens with zero attached hydrogens (tertiary/aromatic N) is 2. The van der Waals surface area contributed by atoms with Crippen LogP contribution in [0.3, 0.4) is 0 Å². The summed E-state index contributed by atoms with van der Waals surface area (Å²) >= 11 is 13.1. The molecule has 2 unspecified atom stereocenters. The molecule has 33 heavy (non-hydrogen) atoms. The number of halogens is 2. The van der Waals surface area contributed by atoms with E-state index in [9.17, 15) is 19.8 Å². The number of aromatic hydroxyl groups is 1. The number of carboxylic acid groups (broad SMARTS) is 1. The smallest absolute Gasteiger partial charge is 0.328 e. The first-order valence-corrected chi connectivity index (χ1v) is 11.3. The van der Waals surface area contributed by atoms with Gasteiger partial charge in [-0.2, -0.15) is 0 Å². The molecule has 2 aromatic rings. The lowest BCUT2D eigenvalue weighted by atomic mass is 10.0. The molecule has 1 amide bonds. The van der Waals surface area contributed by atoms with Crippen LogP contribution in [0.1, 0.15) is 25.3 Å². The monoisotopic (exact) mass is 495 g/mol. The Morgan fingerprint density at radius 2 is 1.88 bits per heavy atom. The van der Waals surface area contributed by atoms with Gasteiger partial charge in [-0.05, 0) is 43.3 Å². The van der Waals surface area contributed by atoms with Gasteiger partial charge in [0.25, 0.3) is 0 Å². The van der Waals surface area contributed by atoms with E-state index in [1.807, 2.05) is 30.7 Å². The molecule has 10 heteroatoms. The van der Waals surface area contributed by atoms with Gasteiger partial charge >= 0.3 is 5.97 Å². The minimum atomic E-state index is -1.13. The number of phenolic OH excluding ortho intramolecular Hbond substituents is 1. The predicted octanol–water partition coefficient (Wildman–Crippen LogP) is 3.93. The Balaban J connectivity index is 1.93. The molecule has 3 rings (SSSR count). The van der Waals surface area contributed by atoms with Crippen molar-refractivity contribution in [2.75, 3.05) is 31.6 Å². The molecule has 0 saturated carbocycles. The Hall–Kier alpha value is -2.68. The summed E-state index contributed by atoms with van der Waals surface area (Å²) in [6, 6.07) is 6.62. The predicted molar refractivity (Wildman–Crippen MR) is 128 cm³/mol. The van der Waals surface area contributed by atoms with Crippen LogP contribution in [0.4, 0.5) is 5.69 Å². The maximum absolute atomic E-state index is 11.8. The van der Waals surface area contributed by atoms with Crippen molar-refractivity contribution in [3.05, 3.63) is 45.9 Å². The summed E-state index contributed by atoms with van der Waals surface area (Å²) in [5, 5.41) is 22.6. The molecule has 1 aliphatic heterocycles. The van der Waals surface area contributed by atoms with Gasteiger partial charge in [-0.1, -0.05) is 37.0 Å². The Bertz CT molecular complexity index is 1010. The van der Waals surface area contributed by atoms with Gasteiger partial charge in [0.2, 0.25) is 6.41 Å². The number of piperazine rings is 1. The first-order chi connectivity index (χ1) is 15.6. The number of hydrogen-bond acceptors (Lipinski definition) is 6. The first-order valence-electron chi connectivity index (χ1n) is 10.5. The summed E-state index contributed by atoms with van der Waals surface area (Å²) in [6.07, 6.45) is 0.394. The van der Waals surface area contributed by atoms with E-state index in [-0.39, 0.29) is 27.5 Å². The molecule has 0 aromatic heterocycles. The van der Waals surface area contributed by atoms with Crippen LogP contribution in [-0.4, -0.2) is 66.3 Å². The van der Waals surface area contributed by atoms with Gasteiger partial charge in [0.05, 0.1) is 16.1 Å².